The van der Waals surface area contributed by atoms with Crippen molar-refractivity contribution in [1.82, 2.24) is 4.90 Å². The summed E-state index contributed by atoms with van der Waals surface area (Å²) in [6, 6.07) is 4.75. The minimum Gasteiger partial charge on any atom is -0.505 e. The summed E-state index contributed by atoms with van der Waals surface area (Å²) in [6.45, 7) is 3.25. The van der Waals surface area contributed by atoms with E-state index in [0.29, 0.717) is 26.1 Å². The topological polar surface area (TPSA) is 92.9 Å². The van der Waals surface area contributed by atoms with Crippen LogP contribution in [0.25, 0.3) is 0 Å². The van der Waals surface area contributed by atoms with Gasteiger partial charge in [0.25, 0.3) is 5.91 Å². The third kappa shape index (κ3) is 3.69. The molecule has 1 aliphatic rings. The zero-order valence-corrected chi connectivity index (χ0v) is 12.7. The van der Waals surface area contributed by atoms with Gasteiger partial charge in [0, 0.05) is 13.1 Å². The molecule has 1 atom stereocenters. The van der Waals surface area contributed by atoms with Crippen LogP contribution < -0.4 is 5.73 Å². The molecule has 0 saturated carbocycles. The van der Waals surface area contributed by atoms with E-state index in [-0.39, 0.29) is 34.8 Å². The van der Waals surface area contributed by atoms with E-state index in [9.17, 15) is 14.7 Å². The number of nitrogens with two attached hydrogens (primary N) is 1. The quantitative estimate of drug-likeness (QED) is 0.502. The predicted octanol–water partition coefficient (Wildman–Crippen LogP) is 1.78. The molecule has 3 N–H and O–H groups in total. The summed E-state index contributed by atoms with van der Waals surface area (Å²) in [6.07, 6.45) is 2.05. The summed E-state index contributed by atoms with van der Waals surface area (Å²) >= 11 is 0. The van der Waals surface area contributed by atoms with E-state index in [1.807, 2.05) is 0 Å². The lowest BCUT2D eigenvalue weighted by molar-refractivity contribution is -0.144. The molecule has 1 heterocycles. The Kier molecular flexibility index (Phi) is 5.25. The standard InChI is InChI=1S/C16H22N2O4/c1-2-22-14(19)9-11-5-4-8-18(10-11)16(21)12-6-3-7-13(17)15(12)20/h3,6-7,11,20H,2,4-5,8-10,17H2,1H3. The van der Waals surface area contributed by atoms with Crippen LogP contribution in [0.5, 0.6) is 5.75 Å². The molecule has 0 aromatic heterocycles. The molecule has 1 unspecified atom stereocenters. The number of nitrogens with zero attached hydrogens (tertiary/aromatic N) is 1. The summed E-state index contributed by atoms with van der Waals surface area (Å²) < 4.78 is 4.96. The minimum absolute atomic E-state index is 0.0972. The van der Waals surface area contributed by atoms with Gasteiger partial charge in [-0.2, -0.15) is 0 Å². The highest BCUT2D eigenvalue weighted by Gasteiger charge is 2.27. The van der Waals surface area contributed by atoms with Gasteiger partial charge in [-0.1, -0.05) is 6.07 Å². The first-order valence-electron chi connectivity index (χ1n) is 7.55. The highest BCUT2D eigenvalue weighted by atomic mass is 16.5. The van der Waals surface area contributed by atoms with Gasteiger partial charge in [-0.15, -0.1) is 0 Å². The molecule has 22 heavy (non-hydrogen) atoms. The number of aromatic hydroxyl groups is 1. The average Bonchev–Trinajstić information content (AvgIpc) is 2.50. The SMILES string of the molecule is CCOC(=O)CC1CCCN(C(=O)c2cccc(N)c2O)C1. The van der Waals surface area contributed by atoms with Gasteiger partial charge in [0.2, 0.25) is 0 Å². The molecule has 1 saturated heterocycles. The van der Waals surface area contributed by atoms with Crippen LogP contribution in [0.3, 0.4) is 0 Å². The lowest BCUT2D eigenvalue weighted by Crippen LogP contribution is -2.40. The number of rotatable bonds is 4. The molecule has 1 fully saturated rings. The fourth-order valence-electron chi connectivity index (χ4n) is 2.78. The van der Waals surface area contributed by atoms with Gasteiger partial charge in [0.1, 0.15) is 0 Å². The minimum atomic E-state index is -0.252. The number of para-hydroxylation sites is 1. The van der Waals surface area contributed by atoms with Crippen LogP contribution in [0, 0.1) is 5.92 Å². The molecule has 1 aromatic carbocycles. The number of phenols is 1. The lowest BCUT2D eigenvalue weighted by atomic mass is 9.94. The molecule has 0 radical (unpaired) electrons. The molecule has 0 bridgehead atoms. The second-order valence-electron chi connectivity index (χ2n) is 5.51. The number of nitrogen functional groups attached to an aromatic ring is 1. The van der Waals surface area contributed by atoms with E-state index in [1.165, 1.54) is 0 Å². The zero-order valence-electron chi connectivity index (χ0n) is 12.7. The van der Waals surface area contributed by atoms with Gasteiger partial charge < -0.3 is 20.5 Å². The Morgan fingerprint density at radius 1 is 1.45 bits per heavy atom. The summed E-state index contributed by atoms with van der Waals surface area (Å²) in [5, 5.41) is 9.93. The van der Waals surface area contributed by atoms with Crippen LogP contribution in [0.15, 0.2) is 18.2 Å². The summed E-state index contributed by atoms with van der Waals surface area (Å²) in [4.78, 5) is 25.8. The van der Waals surface area contributed by atoms with Crippen LogP contribution in [-0.4, -0.2) is 41.6 Å². The number of hydrogen-bond acceptors (Lipinski definition) is 5. The van der Waals surface area contributed by atoms with Crippen LogP contribution in [0.1, 0.15) is 36.5 Å². The van der Waals surface area contributed by atoms with Gasteiger partial charge >= 0.3 is 5.97 Å². The van der Waals surface area contributed by atoms with Crippen LogP contribution in [0.2, 0.25) is 0 Å². The van der Waals surface area contributed by atoms with Gasteiger partial charge in [0.15, 0.2) is 5.75 Å². The summed E-state index contributed by atoms with van der Waals surface area (Å²) in [5.41, 5.74) is 6.02. The highest BCUT2D eigenvalue weighted by molar-refractivity contribution is 5.98. The Morgan fingerprint density at radius 3 is 2.95 bits per heavy atom. The number of hydrogen-bond donors (Lipinski definition) is 2. The first kappa shape index (κ1) is 16.1. The number of carbonyl (C=O) groups excluding carboxylic acids is 2. The lowest BCUT2D eigenvalue weighted by Gasteiger charge is -2.32. The van der Waals surface area contributed by atoms with E-state index in [2.05, 4.69) is 0 Å². The normalized spacial score (nSPS) is 18.0. The number of benzene rings is 1. The number of amides is 1. The van der Waals surface area contributed by atoms with Crippen LogP contribution in [-0.2, 0) is 9.53 Å². The van der Waals surface area contributed by atoms with Gasteiger partial charge in [-0.3, -0.25) is 9.59 Å². The number of carbonyl (C=O) groups is 2. The Balaban J connectivity index is 2.04. The third-order valence-corrected chi connectivity index (χ3v) is 3.86. The first-order valence-corrected chi connectivity index (χ1v) is 7.55. The Bertz CT molecular complexity index is 559. The maximum atomic E-state index is 12.5. The fraction of sp³-hybridized carbons (Fsp3) is 0.500. The van der Waals surface area contributed by atoms with Crippen molar-refractivity contribution in [2.45, 2.75) is 26.2 Å². The summed E-state index contributed by atoms with van der Waals surface area (Å²) in [7, 11) is 0. The van der Waals surface area contributed by atoms with Crippen molar-refractivity contribution in [2.24, 2.45) is 5.92 Å². The monoisotopic (exact) mass is 306 g/mol. The second kappa shape index (κ2) is 7.15. The van der Waals surface area contributed by atoms with Crippen molar-refractivity contribution in [3.63, 3.8) is 0 Å². The van der Waals surface area contributed by atoms with Gasteiger partial charge in [-0.25, -0.2) is 0 Å². The van der Waals surface area contributed by atoms with E-state index in [4.69, 9.17) is 10.5 Å². The highest BCUT2D eigenvalue weighted by Crippen LogP contribution is 2.28. The van der Waals surface area contributed by atoms with Gasteiger partial charge in [0.05, 0.1) is 24.3 Å². The van der Waals surface area contributed by atoms with Crippen LogP contribution in [0.4, 0.5) is 5.69 Å². The number of ether oxygens (including phenoxy) is 1. The van der Waals surface area contributed by atoms with Crippen LogP contribution >= 0.6 is 0 Å². The average molecular weight is 306 g/mol. The number of esters is 1. The summed E-state index contributed by atoms with van der Waals surface area (Å²) in [5.74, 6) is -0.563. The Hall–Kier alpha value is -2.24. The molecular weight excluding hydrogens is 284 g/mol. The maximum absolute atomic E-state index is 12.5. The Labute approximate surface area is 129 Å². The van der Waals surface area contributed by atoms with E-state index >= 15 is 0 Å². The van der Waals surface area contributed by atoms with Crippen molar-refractivity contribution in [2.75, 3.05) is 25.4 Å². The largest absolute Gasteiger partial charge is 0.505 e. The molecule has 1 aromatic rings. The molecule has 1 aliphatic heterocycles. The van der Waals surface area contributed by atoms with Crippen molar-refractivity contribution in [1.29, 1.82) is 0 Å². The zero-order chi connectivity index (χ0) is 16.1. The van der Waals surface area contributed by atoms with Crippen molar-refractivity contribution >= 4 is 17.6 Å². The van der Waals surface area contributed by atoms with Crippen molar-refractivity contribution < 1.29 is 19.4 Å². The molecule has 1 amide bonds. The second-order valence-corrected chi connectivity index (χ2v) is 5.51. The molecule has 0 spiro atoms. The number of likely N-dealkylation sites (tertiary alicyclic amines) is 1. The third-order valence-electron chi connectivity index (χ3n) is 3.86. The smallest absolute Gasteiger partial charge is 0.306 e. The molecule has 6 heteroatoms. The maximum Gasteiger partial charge on any atom is 0.306 e. The van der Waals surface area contributed by atoms with Gasteiger partial charge in [-0.05, 0) is 37.8 Å². The van der Waals surface area contributed by atoms with E-state index in [0.717, 1.165) is 12.8 Å². The molecule has 6 nitrogen and oxygen atoms in total. The van der Waals surface area contributed by atoms with E-state index < -0.39 is 0 Å². The predicted molar refractivity (Wildman–Crippen MR) is 82.4 cm³/mol. The van der Waals surface area contributed by atoms with Crippen molar-refractivity contribution in [3.05, 3.63) is 23.8 Å². The number of phenolic OH excluding ortho intramolecular Hbond substituents is 1. The Morgan fingerprint density at radius 2 is 2.23 bits per heavy atom. The molecule has 2 rings (SSSR count). The van der Waals surface area contributed by atoms with Crippen molar-refractivity contribution in [3.8, 4) is 5.75 Å². The number of anilines is 1. The number of piperidine rings is 1. The molecular formula is C16H22N2O4. The fourth-order valence-corrected chi connectivity index (χ4v) is 2.78. The molecule has 120 valence electrons. The van der Waals surface area contributed by atoms with E-state index in [1.54, 1.807) is 30.0 Å². The first-order chi connectivity index (χ1) is 10.5. The molecule has 0 aliphatic carbocycles.